The zero-order valence-corrected chi connectivity index (χ0v) is 11.3. The molecule has 0 radical (unpaired) electrons. The van der Waals surface area contributed by atoms with Crippen molar-refractivity contribution in [1.29, 1.82) is 0 Å². The van der Waals surface area contributed by atoms with E-state index in [2.05, 4.69) is 4.98 Å². The highest BCUT2D eigenvalue weighted by atomic mass is 19.3. The number of pyridine rings is 1. The molecule has 0 saturated carbocycles. The lowest BCUT2D eigenvalue weighted by molar-refractivity contribution is 0.00578. The number of H-pyrrole nitrogens is 1. The summed E-state index contributed by atoms with van der Waals surface area (Å²) in [4.78, 5) is 13.7. The second-order valence-corrected chi connectivity index (χ2v) is 5.58. The topological polar surface area (TPSA) is 51.3 Å². The Morgan fingerprint density at radius 3 is 2.16 bits per heavy atom. The van der Waals surface area contributed by atoms with Crippen molar-refractivity contribution in [3.8, 4) is 0 Å². The molecule has 0 aliphatic carbocycles. The Kier molecular flexibility index (Phi) is 3.30. The van der Waals surface area contributed by atoms with Gasteiger partial charge in [0, 0.05) is 11.6 Å². The molecule has 1 aromatic heterocycles. The number of aromatic nitrogens is 1. The fraction of sp³-hybridized carbons (Fsp3) is 0.583. The Balaban J connectivity index is 2.44. The number of rotatable bonds is 2. The second-order valence-electron chi connectivity index (χ2n) is 5.58. The van der Waals surface area contributed by atoms with Crippen molar-refractivity contribution < 1.29 is 18.1 Å². The molecule has 0 atom stereocenters. The van der Waals surface area contributed by atoms with Crippen LogP contribution in [0.25, 0.3) is 0 Å². The minimum absolute atomic E-state index is 0.0128. The van der Waals surface area contributed by atoms with Crippen LogP contribution in [0.3, 0.4) is 0 Å². The molecule has 1 fully saturated rings. The highest BCUT2D eigenvalue weighted by Gasteiger charge is 2.53. The Labute approximate surface area is 110 Å². The van der Waals surface area contributed by atoms with Gasteiger partial charge in [-0.25, -0.2) is 8.78 Å². The van der Waals surface area contributed by atoms with Crippen LogP contribution in [-0.4, -0.2) is 23.3 Å². The third-order valence-corrected chi connectivity index (χ3v) is 3.71. The molecule has 0 bridgehead atoms. The third kappa shape index (κ3) is 2.44. The Morgan fingerprint density at radius 1 is 1.16 bits per heavy atom. The normalized spacial score (nSPS) is 21.1. The molecule has 0 aromatic carbocycles. The van der Waals surface area contributed by atoms with Crippen molar-refractivity contribution in [2.75, 3.05) is 0 Å². The maximum Gasteiger partial charge on any atom is 0.512 e. The average Bonchev–Trinajstić information content (AvgIpc) is 2.47. The van der Waals surface area contributed by atoms with Crippen LogP contribution < -0.4 is 11.2 Å². The van der Waals surface area contributed by atoms with Gasteiger partial charge in [-0.3, -0.25) is 4.79 Å². The summed E-state index contributed by atoms with van der Waals surface area (Å²) in [6, 6.07) is 2.17. The molecule has 2 rings (SSSR count). The van der Waals surface area contributed by atoms with Gasteiger partial charge in [-0.05, 0) is 33.8 Å². The lowest BCUT2D eigenvalue weighted by Crippen LogP contribution is -2.41. The van der Waals surface area contributed by atoms with Gasteiger partial charge in [0.05, 0.1) is 16.8 Å². The van der Waals surface area contributed by atoms with E-state index in [1.165, 1.54) is 0 Å². The molecule has 0 unspecified atom stereocenters. The molecule has 1 aliphatic rings. The van der Waals surface area contributed by atoms with E-state index in [-0.39, 0.29) is 11.2 Å². The van der Waals surface area contributed by atoms with Gasteiger partial charge in [0.15, 0.2) is 0 Å². The highest BCUT2D eigenvalue weighted by Crippen LogP contribution is 2.36. The van der Waals surface area contributed by atoms with Crippen molar-refractivity contribution in [1.82, 2.24) is 4.98 Å². The molecular weight excluding hydrogens is 255 g/mol. The van der Waals surface area contributed by atoms with Crippen molar-refractivity contribution in [3.05, 3.63) is 28.0 Å². The second kappa shape index (κ2) is 4.42. The quantitative estimate of drug-likeness (QED) is 0.831. The fourth-order valence-corrected chi connectivity index (χ4v) is 1.85. The molecule has 104 valence electrons. The van der Waals surface area contributed by atoms with Crippen molar-refractivity contribution in [3.63, 3.8) is 0 Å². The number of halogens is 2. The van der Waals surface area contributed by atoms with Gasteiger partial charge in [0.1, 0.15) is 0 Å². The minimum atomic E-state index is -2.70. The zero-order valence-electron chi connectivity index (χ0n) is 11.3. The summed E-state index contributed by atoms with van der Waals surface area (Å²) >= 11 is 0. The van der Waals surface area contributed by atoms with E-state index in [0.29, 0.717) is 0 Å². The predicted octanol–water partition coefficient (Wildman–Crippen LogP) is 1.61. The van der Waals surface area contributed by atoms with E-state index in [9.17, 15) is 13.6 Å². The van der Waals surface area contributed by atoms with Crippen LogP contribution >= 0.6 is 0 Å². The van der Waals surface area contributed by atoms with E-state index >= 15 is 0 Å². The lowest BCUT2D eigenvalue weighted by Gasteiger charge is -2.32. The Morgan fingerprint density at radius 2 is 1.68 bits per heavy atom. The van der Waals surface area contributed by atoms with Crippen molar-refractivity contribution >= 4 is 12.7 Å². The van der Waals surface area contributed by atoms with E-state index in [4.69, 9.17) is 9.31 Å². The molecule has 0 amide bonds. The summed E-state index contributed by atoms with van der Waals surface area (Å²) in [5.41, 5.74) is -2.05. The van der Waals surface area contributed by atoms with Gasteiger partial charge >= 0.3 is 7.12 Å². The fourth-order valence-electron chi connectivity index (χ4n) is 1.85. The van der Waals surface area contributed by atoms with Gasteiger partial charge < -0.3 is 14.3 Å². The first-order chi connectivity index (χ1) is 8.64. The lowest BCUT2D eigenvalue weighted by atomic mass is 9.81. The van der Waals surface area contributed by atoms with Crippen molar-refractivity contribution in [2.24, 2.45) is 0 Å². The molecule has 19 heavy (non-hydrogen) atoms. The Hall–Kier alpha value is -1.21. The summed E-state index contributed by atoms with van der Waals surface area (Å²) in [6.45, 7) is 7.26. The van der Waals surface area contributed by atoms with Crippen LogP contribution in [0.1, 0.15) is 39.7 Å². The van der Waals surface area contributed by atoms with Crippen LogP contribution in [-0.2, 0) is 9.31 Å². The molecule has 1 aromatic rings. The molecule has 0 spiro atoms. The van der Waals surface area contributed by atoms with Crippen LogP contribution in [0, 0.1) is 0 Å². The summed E-state index contributed by atoms with van der Waals surface area (Å²) in [5.74, 6) is 0. The van der Waals surface area contributed by atoms with E-state index in [1.54, 1.807) is 0 Å². The third-order valence-electron chi connectivity index (χ3n) is 3.71. The van der Waals surface area contributed by atoms with E-state index < -0.39 is 30.3 Å². The number of hydrogen-bond donors (Lipinski definition) is 1. The SMILES string of the molecule is CC1(C)OB(c2[nH]c(=O)ccc2C(F)F)OC1(C)C. The molecule has 1 N–H and O–H groups in total. The maximum atomic E-state index is 13.0. The Bertz CT molecular complexity index is 526. The molecular formula is C12H16BF2NO3. The molecule has 1 aliphatic heterocycles. The van der Waals surface area contributed by atoms with Gasteiger partial charge in [-0.15, -0.1) is 0 Å². The first kappa shape index (κ1) is 14.2. The predicted molar refractivity (Wildman–Crippen MR) is 67.7 cm³/mol. The smallest absolute Gasteiger partial charge is 0.398 e. The summed E-state index contributed by atoms with van der Waals surface area (Å²) in [7, 11) is -0.997. The molecule has 7 heteroatoms. The van der Waals surface area contributed by atoms with Crippen LogP contribution in [0.2, 0.25) is 0 Å². The minimum Gasteiger partial charge on any atom is -0.398 e. The van der Waals surface area contributed by atoms with Gasteiger partial charge in [-0.2, -0.15) is 0 Å². The van der Waals surface area contributed by atoms with Crippen molar-refractivity contribution in [2.45, 2.75) is 45.3 Å². The molecule has 4 nitrogen and oxygen atoms in total. The van der Waals surface area contributed by atoms with Gasteiger partial charge in [-0.1, -0.05) is 0 Å². The molecule has 2 heterocycles. The first-order valence-electron chi connectivity index (χ1n) is 6.01. The number of aromatic amines is 1. The van der Waals surface area contributed by atoms with Crippen LogP contribution in [0.15, 0.2) is 16.9 Å². The van der Waals surface area contributed by atoms with Crippen LogP contribution in [0.4, 0.5) is 8.78 Å². The van der Waals surface area contributed by atoms with E-state index in [1.807, 2.05) is 27.7 Å². The summed E-state index contributed by atoms with van der Waals surface area (Å²) in [6.07, 6.45) is -2.70. The first-order valence-corrected chi connectivity index (χ1v) is 6.01. The van der Waals surface area contributed by atoms with E-state index in [0.717, 1.165) is 12.1 Å². The van der Waals surface area contributed by atoms with Gasteiger partial charge in [0.25, 0.3) is 6.43 Å². The van der Waals surface area contributed by atoms with Gasteiger partial charge in [0.2, 0.25) is 5.56 Å². The summed E-state index contributed by atoms with van der Waals surface area (Å²) in [5, 5.41) is 0. The number of alkyl halides is 2. The summed E-state index contributed by atoms with van der Waals surface area (Å²) < 4.78 is 37.3. The number of nitrogens with one attached hydrogen (secondary N) is 1. The number of hydrogen-bond acceptors (Lipinski definition) is 3. The zero-order chi connectivity index (χ0) is 14.4. The molecule has 1 saturated heterocycles. The maximum absolute atomic E-state index is 13.0. The standard InChI is InChI=1S/C12H16BF2NO3/c1-11(2)12(3,4)19-13(18-11)9-7(10(14)15)5-6-8(17)16-9/h5-6,10H,1-4H3,(H,16,17). The highest BCUT2D eigenvalue weighted by molar-refractivity contribution is 6.61. The average molecular weight is 271 g/mol. The largest absolute Gasteiger partial charge is 0.512 e. The van der Waals surface area contributed by atoms with Crippen LogP contribution in [0.5, 0.6) is 0 Å². The monoisotopic (exact) mass is 271 g/mol.